The van der Waals surface area contributed by atoms with Gasteiger partial charge in [0.1, 0.15) is 0 Å². The van der Waals surface area contributed by atoms with Crippen molar-refractivity contribution in [1.82, 2.24) is 4.90 Å². The molecule has 0 aromatic heterocycles. The van der Waals surface area contributed by atoms with Gasteiger partial charge in [-0.2, -0.15) is 0 Å². The van der Waals surface area contributed by atoms with Crippen LogP contribution in [-0.2, 0) is 4.79 Å². The third-order valence-electron chi connectivity index (χ3n) is 2.92. The molecule has 0 bridgehead atoms. The largest absolute Gasteiger partial charge is 0.335 e. The maximum absolute atomic E-state index is 12.0. The average molecular weight is 296 g/mol. The van der Waals surface area contributed by atoms with Gasteiger partial charge in [-0.15, -0.1) is 0 Å². The van der Waals surface area contributed by atoms with Crippen molar-refractivity contribution in [3.05, 3.63) is 34.3 Å². The van der Waals surface area contributed by atoms with Crippen molar-refractivity contribution in [2.45, 2.75) is 19.3 Å². The molecule has 1 aliphatic heterocycles. The van der Waals surface area contributed by atoms with Gasteiger partial charge < -0.3 is 4.90 Å². The Morgan fingerprint density at radius 2 is 1.94 bits per heavy atom. The monoisotopic (exact) mass is 295 g/mol. The summed E-state index contributed by atoms with van der Waals surface area (Å²) in [5.41, 5.74) is 0.659. The fourth-order valence-corrected chi connectivity index (χ4v) is 2.19. The van der Waals surface area contributed by atoms with Gasteiger partial charge in [-0.1, -0.05) is 28.1 Å². The number of amides is 1. The lowest BCUT2D eigenvalue weighted by molar-refractivity contribution is -0.132. The molecule has 3 nitrogen and oxygen atoms in total. The SMILES string of the molecule is O=C(CN1CCCCC1=O)c1ccc(Br)cc1. The number of piperidine rings is 1. The number of carbonyl (C=O) groups excluding carboxylic acids is 2. The Bertz CT molecular complexity index is 428. The molecule has 0 N–H and O–H groups in total. The van der Waals surface area contributed by atoms with Crippen molar-refractivity contribution in [1.29, 1.82) is 0 Å². The second-order valence-electron chi connectivity index (χ2n) is 4.20. The predicted molar refractivity (Wildman–Crippen MR) is 68.9 cm³/mol. The number of nitrogens with zero attached hydrogens (tertiary/aromatic N) is 1. The van der Waals surface area contributed by atoms with Gasteiger partial charge in [0.25, 0.3) is 0 Å². The van der Waals surface area contributed by atoms with Gasteiger partial charge in [0, 0.05) is 23.0 Å². The minimum Gasteiger partial charge on any atom is -0.335 e. The Hall–Kier alpha value is -1.16. The van der Waals surface area contributed by atoms with Gasteiger partial charge in [0.2, 0.25) is 5.91 Å². The maximum atomic E-state index is 12.0. The van der Waals surface area contributed by atoms with E-state index in [1.54, 1.807) is 17.0 Å². The molecule has 1 heterocycles. The van der Waals surface area contributed by atoms with Crippen LogP contribution in [-0.4, -0.2) is 29.7 Å². The van der Waals surface area contributed by atoms with Crippen LogP contribution in [0.3, 0.4) is 0 Å². The molecule has 2 rings (SSSR count). The number of hydrogen-bond donors (Lipinski definition) is 0. The fraction of sp³-hybridized carbons (Fsp3) is 0.385. The predicted octanol–water partition coefficient (Wildman–Crippen LogP) is 2.64. The van der Waals surface area contributed by atoms with Gasteiger partial charge in [0.05, 0.1) is 6.54 Å². The summed E-state index contributed by atoms with van der Waals surface area (Å²) in [5.74, 6) is 0.106. The molecule has 1 aromatic carbocycles. The number of hydrogen-bond acceptors (Lipinski definition) is 2. The van der Waals surface area contributed by atoms with Crippen LogP contribution < -0.4 is 0 Å². The first-order chi connectivity index (χ1) is 8.16. The molecule has 0 spiro atoms. The van der Waals surface area contributed by atoms with Crippen LogP contribution in [0, 0.1) is 0 Å². The minimum atomic E-state index is 0.00718. The number of likely N-dealkylation sites (tertiary alicyclic amines) is 1. The first-order valence-electron chi connectivity index (χ1n) is 5.73. The standard InChI is InChI=1S/C13H14BrNO2/c14-11-6-4-10(5-7-11)12(16)9-15-8-2-1-3-13(15)17/h4-7H,1-3,8-9H2. The molecule has 4 heteroatoms. The summed E-state index contributed by atoms with van der Waals surface area (Å²) < 4.78 is 0.947. The highest BCUT2D eigenvalue weighted by Gasteiger charge is 2.20. The molecule has 1 aromatic rings. The van der Waals surface area contributed by atoms with Gasteiger partial charge in [-0.25, -0.2) is 0 Å². The lowest BCUT2D eigenvalue weighted by atomic mass is 10.1. The molecule has 0 saturated carbocycles. The number of rotatable bonds is 3. The summed E-state index contributed by atoms with van der Waals surface area (Å²) in [6.45, 7) is 0.918. The Balaban J connectivity index is 2.01. The van der Waals surface area contributed by atoms with E-state index in [0.717, 1.165) is 17.3 Å². The van der Waals surface area contributed by atoms with E-state index in [1.807, 2.05) is 12.1 Å². The van der Waals surface area contributed by atoms with Crippen molar-refractivity contribution in [3.8, 4) is 0 Å². The second-order valence-corrected chi connectivity index (χ2v) is 5.12. The lowest BCUT2D eigenvalue weighted by Gasteiger charge is -2.25. The number of benzene rings is 1. The molecule has 1 saturated heterocycles. The Morgan fingerprint density at radius 1 is 1.24 bits per heavy atom. The van der Waals surface area contributed by atoms with E-state index >= 15 is 0 Å². The first-order valence-corrected chi connectivity index (χ1v) is 6.52. The Labute approximate surface area is 109 Å². The fourth-order valence-electron chi connectivity index (χ4n) is 1.93. The van der Waals surface area contributed by atoms with E-state index in [0.29, 0.717) is 18.5 Å². The molecule has 1 fully saturated rings. The molecular formula is C13H14BrNO2. The zero-order valence-corrected chi connectivity index (χ0v) is 11.1. The van der Waals surface area contributed by atoms with E-state index in [9.17, 15) is 9.59 Å². The number of carbonyl (C=O) groups is 2. The lowest BCUT2D eigenvalue weighted by Crippen LogP contribution is -2.39. The van der Waals surface area contributed by atoms with Gasteiger partial charge >= 0.3 is 0 Å². The molecule has 90 valence electrons. The summed E-state index contributed by atoms with van der Waals surface area (Å²) in [5, 5.41) is 0. The zero-order valence-electron chi connectivity index (χ0n) is 9.49. The quantitative estimate of drug-likeness (QED) is 0.804. The molecule has 0 atom stereocenters. The number of halogens is 1. The normalized spacial score (nSPS) is 16.1. The second kappa shape index (κ2) is 5.45. The van der Waals surface area contributed by atoms with Gasteiger partial charge in [0.15, 0.2) is 5.78 Å². The molecule has 1 amide bonds. The summed E-state index contributed by atoms with van der Waals surface area (Å²) in [4.78, 5) is 25.2. The number of Topliss-reactive ketones (excluding diaryl/α,β-unsaturated/α-hetero) is 1. The van der Waals surface area contributed by atoms with Crippen LogP contribution in [0.25, 0.3) is 0 Å². The minimum absolute atomic E-state index is 0.00718. The average Bonchev–Trinajstić information content (AvgIpc) is 2.33. The molecule has 1 aliphatic rings. The van der Waals surface area contributed by atoms with Crippen molar-refractivity contribution in [2.75, 3.05) is 13.1 Å². The summed E-state index contributed by atoms with van der Waals surface area (Å²) >= 11 is 3.33. The number of ketones is 1. The smallest absolute Gasteiger partial charge is 0.222 e. The van der Waals surface area contributed by atoms with E-state index in [2.05, 4.69) is 15.9 Å². The molecule has 0 radical (unpaired) electrons. The van der Waals surface area contributed by atoms with Crippen molar-refractivity contribution >= 4 is 27.6 Å². The van der Waals surface area contributed by atoms with Crippen LogP contribution in [0.2, 0.25) is 0 Å². The van der Waals surface area contributed by atoms with Crippen molar-refractivity contribution in [3.63, 3.8) is 0 Å². The van der Waals surface area contributed by atoms with E-state index < -0.39 is 0 Å². The van der Waals surface area contributed by atoms with Gasteiger partial charge in [-0.3, -0.25) is 9.59 Å². The van der Waals surface area contributed by atoms with Crippen LogP contribution in [0.4, 0.5) is 0 Å². The molecule has 0 unspecified atom stereocenters. The first kappa shape index (κ1) is 12.3. The van der Waals surface area contributed by atoms with E-state index in [-0.39, 0.29) is 18.2 Å². The van der Waals surface area contributed by atoms with Crippen molar-refractivity contribution < 1.29 is 9.59 Å². The zero-order chi connectivity index (χ0) is 12.3. The van der Waals surface area contributed by atoms with Crippen LogP contribution in [0.5, 0.6) is 0 Å². The highest BCUT2D eigenvalue weighted by Crippen LogP contribution is 2.14. The Morgan fingerprint density at radius 3 is 2.59 bits per heavy atom. The topological polar surface area (TPSA) is 37.4 Å². The van der Waals surface area contributed by atoms with E-state index in [1.165, 1.54) is 0 Å². The Kier molecular flexibility index (Phi) is 3.94. The summed E-state index contributed by atoms with van der Waals surface area (Å²) in [7, 11) is 0. The summed E-state index contributed by atoms with van der Waals surface area (Å²) in [6, 6.07) is 7.23. The van der Waals surface area contributed by atoms with Gasteiger partial charge in [-0.05, 0) is 25.0 Å². The maximum Gasteiger partial charge on any atom is 0.222 e. The summed E-state index contributed by atoms with van der Waals surface area (Å²) in [6.07, 6.45) is 2.52. The van der Waals surface area contributed by atoms with E-state index in [4.69, 9.17) is 0 Å². The van der Waals surface area contributed by atoms with Crippen molar-refractivity contribution in [2.24, 2.45) is 0 Å². The molecule has 0 aliphatic carbocycles. The highest BCUT2D eigenvalue weighted by molar-refractivity contribution is 9.10. The highest BCUT2D eigenvalue weighted by atomic mass is 79.9. The molecule has 17 heavy (non-hydrogen) atoms. The van der Waals surface area contributed by atoms with Crippen LogP contribution in [0.15, 0.2) is 28.7 Å². The van der Waals surface area contributed by atoms with Crippen LogP contribution in [0.1, 0.15) is 29.6 Å². The van der Waals surface area contributed by atoms with Crippen LogP contribution >= 0.6 is 15.9 Å². The molecular weight excluding hydrogens is 282 g/mol. The third kappa shape index (κ3) is 3.16. The third-order valence-corrected chi connectivity index (χ3v) is 3.45.